The first kappa shape index (κ1) is 36.1. The molecular formula is C34H36F4N4O3S. The zero-order valence-corrected chi connectivity index (χ0v) is 27.2. The highest BCUT2D eigenvalue weighted by Gasteiger charge is 2.33. The molecule has 0 bridgehead atoms. The molecule has 244 valence electrons. The summed E-state index contributed by atoms with van der Waals surface area (Å²) in [5, 5.41) is 5.87. The lowest BCUT2D eigenvalue weighted by molar-refractivity contribution is -0.137. The van der Waals surface area contributed by atoms with Crippen LogP contribution in [0.1, 0.15) is 62.4 Å². The Bertz CT molecular complexity index is 1650. The number of nitrogens with one attached hydrogen (secondary N) is 2. The van der Waals surface area contributed by atoms with Gasteiger partial charge in [0, 0.05) is 42.0 Å². The molecule has 0 radical (unpaired) electrons. The van der Waals surface area contributed by atoms with Crippen LogP contribution in [0.15, 0.2) is 66.7 Å². The number of amides is 2. The van der Waals surface area contributed by atoms with Crippen molar-refractivity contribution in [3.8, 4) is 0 Å². The highest BCUT2D eigenvalue weighted by Crippen LogP contribution is 2.33. The van der Waals surface area contributed by atoms with E-state index < -0.39 is 29.2 Å². The topological polar surface area (TPSA) is 81.8 Å². The van der Waals surface area contributed by atoms with Gasteiger partial charge in [0.2, 0.25) is 5.91 Å². The maximum Gasteiger partial charge on any atom is 0.416 e. The maximum atomic E-state index is 14.1. The molecule has 0 unspecified atom stereocenters. The van der Waals surface area contributed by atoms with Crippen molar-refractivity contribution in [1.29, 1.82) is 0 Å². The lowest BCUT2D eigenvalue weighted by Crippen LogP contribution is -2.44. The number of carbonyl (C=O) groups is 3. The van der Waals surface area contributed by atoms with Crippen molar-refractivity contribution in [3.63, 3.8) is 0 Å². The molecular weight excluding hydrogens is 620 g/mol. The number of allylic oxidation sites excluding steroid dienone is 1. The molecule has 12 heteroatoms. The van der Waals surface area contributed by atoms with E-state index in [0.29, 0.717) is 27.4 Å². The fraction of sp³-hybridized carbons (Fsp3) is 0.294. The highest BCUT2D eigenvalue weighted by atomic mass is 32.1. The standard InChI is InChI=1S/C34H36F4N4O3S/c1-7-29(27-9-8-10-28(20(27)2)33(45)41(5)6)42(30(43)18-40-32(46)21(3)39-4)19-22-15-24(17-25(16-22)34(36,37)38)31(44)23-11-13-26(35)14-12-23/h7-17,21,39H,18-19H2,1-6H3,(H,40,46)/b29-7-/t21-/m0/s1. The van der Waals surface area contributed by atoms with Crippen molar-refractivity contribution < 1.29 is 31.9 Å². The van der Waals surface area contributed by atoms with Crippen molar-refractivity contribution in [2.75, 3.05) is 27.7 Å². The molecule has 3 aromatic carbocycles. The van der Waals surface area contributed by atoms with E-state index in [9.17, 15) is 31.9 Å². The number of ketones is 1. The molecule has 0 aromatic heterocycles. The summed E-state index contributed by atoms with van der Waals surface area (Å²) in [6.07, 6.45) is -3.17. The third-order valence-corrected chi connectivity index (χ3v) is 7.88. The van der Waals surface area contributed by atoms with Crippen molar-refractivity contribution in [2.45, 2.75) is 39.5 Å². The molecule has 0 aliphatic carbocycles. The lowest BCUT2D eigenvalue weighted by atomic mass is 9.96. The summed E-state index contributed by atoms with van der Waals surface area (Å²) in [4.78, 5) is 43.1. The zero-order chi connectivity index (χ0) is 34.3. The summed E-state index contributed by atoms with van der Waals surface area (Å²) in [7, 11) is 4.92. The molecule has 3 aromatic rings. The zero-order valence-electron chi connectivity index (χ0n) is 26.4. The Labute approximate surface area is 271 Å². The number of likely N-dealkylation sites (N-methyl/N-ethyl adjacent to an activating group) is 1. The third-order valence-electron chi connectivity index (χ3n) is 7.38. The van der Waals surface area contributed by atoms with E-state index >= 15 is 0 Å². The average molecular weight is 657 g/mol. The van der Waals surface area contributed by atoms with Crippen molar-refractivity contribution >= 4 is 40.5 Å². The smallest absolute Gasteiger partial charge is 0.369 e. The van der Waals surface area contributed by atoms with Crippen LogP contribution < -0.4 is 10.6 Å². The Morgan fingerprint density at radius 2 is 1.61 bits per heavy atom. The predicted octanol–water partition coefficient (Wildman–Crippen LogP) is 6.00. The van der Waals surface area contributed by atoms with E-state index in [1.165, 1.54) is 28.0 Å². The van der Waals surface area contributed by atoms with Gasteiger partial charge < -0.3 is 20.4 Å². The minimum absolute atomic E-state index is 0.00288. The van der Waals surface area contributed by atoms with Crippen LogP contribution in [0.2, 0.25) is 0 Å². The van der Waals surface area contributed by atoms with Crippen molar-refractivity contribution in [1.82, 2.24) is 20.4 Å². The maximum absolute atomic E-state index is 14.1. The summed E-state index contributed by atoms with van der Waals surface area (Å²) in [5.74, 6) is -2.12. The van der Waals surface area contributed by atoms with Crippen LogP contribution in [0.3, 0.4) is 0 Å². The first-order chi connectivity index (χ1) is 21.6. The minimum Gasteiger partial charge on any atom is -0.369 e. The molecule has 0 saturated carbocycles. The Balaban J connectivity index is 2.16. The van der Waals surface area contributed by atoms with Gasteiger partial charge in [0.15, 0.2) is 5.78 Å². The van der Waals surface area contributed by atoms with E-state index in [-0.39, 0.29) is 41.7 Å². The molecule has 0 spiro atoms. The quantitative estimate of drug-likeness (QED) is 0.150. The number of alkyl halides is 3. The summed E-state index contributed by atoms with van der Waals surface area (Å²) in [5.41, 5.74) is 0.488. The van der Waals surface area contributed by atoms with Crippen LogP contribution in [0.5, 0.6) is 0 Å². The predicted molar refractivity (Wildman–Crippen MR) is 174 cm³/mol. The molecule has 1 atom stereocenters. The number of thiocarbonyl (C=S) groups is 1. The van der Waals surface area contributed by atoms with Gasteiger partial charge in [0.1, 0.15) is 5.82 Å². The molecule has 0 fully saturated rings. The van der Waals surface area contributed by atoms with Crippen LogP contribution in [0.4, 0.5) is 17.6 Å². The average Bonchev–Trinajstić information content (AvgIpc) is 3.02. The SMILES string of the molecule is C/C=C(/c1cccc(C(=O)N(C)C)c1C)N(Cc1cc(C(=O)c2ccc(F)cc2)cc(C(F)(F)F)c1)C(=O)CNC(=S)[C@H](C)NC. The Hall–Kier alpha value is -4.42. The summed E-state index contributed by atoms with van der Waals surface area (Å²) in [6, 6.07) is 12.2. The van der Waals surface area contributed by atoms with Gasteiger partial charge in [0.05, 0.1) is 29.7 Å². The van der Waals surface area contributed by atoms with Gasteiger partial charge in [-0.2, -0.15) is 13.2 Å². The number of carbonyl (C=O) groups excluding carboxylic acids is 3. The lowest BCUT2D eigenvalue weighted by Gasteiger charge is -2.29. The van der Waals surface area contributed by atoms with Gasteiger partial charge in [-0.1, -0.05) is 30.4 Å². The second-order valence-electron chi connectivity index (χ2n) is 10.8. The van der Waals surface area contributed by atoms with E-state index in [4.69, 9.17) is 12.2 Å². The Morgan fingerprint density at radius 1 is 0.978 bits per heavy atom. The van der Waals surface area contributed by atoms with Gasteiger partial charge in [-0.3, -0.25) is 14.4 Å². The molecule has 7 nitrogen and oxygen atoms in total. The highest BCUT2D eigenvalue weighted by molar-refractivity contribution is 7.80. The number of hydrogen-bond donors (Lipinski definition) is 2. The van der Waals surface area contributed by atoms with E-state index in [1.807, 2.05) is 0 Å². The molecule has 2 amide bonds. The minimum atomic E-state index is -4.80. The summed E-state index contributed by atoms with van der Waals surface area (Å²) in [6.45, 7) is 4.56. The fourth-order valence-electron chi connectivity index (χ4n) is 4.72. The van der Waals surface area contributed by atoms with Crippen molar-refractivity contribution in [3.05, 3.63) is 112 Å². The number of rotatable bonds is 11. The van der Waals surface area contributed by atoms with E-state index in [2.05, 4.69) is 10.6 Å². The third kappa shape index (κ3) is 8.64. The monoisotopic (exact) mass is 656 g/mol. The second-order valence-corrected chi connectivity index (χ2v) is 11.3. The fourth-order valence-corrected chi connectivity index (χ4v) is 4.91. The number of halogens is 4. The number of benzene rings is 3. The number of hydrogen-bond acceptors (Lipinski definition) is 5. The molecule has 0 saturated heterocycles. The van der Waals surface area contributed by atoms with Crippen LogP contribution >= 0.6 is 12.2 Å². The first-order valence-corrected chi connectivity index (χ1v) is 14.7. The normalized spacial score (nSPS) is 12.3. The largest absolute Gasteiger partial charge is 0.416 e. The first-order valence-electron chi connectivity index (χ1n) is 14.3. The molecule has 0 aliphatic rings. The molecule has 2 N–H and O–H groups in total. The second kappa shape index (κ2) is 15.2. The number of nitrogens with zero attached hydrogens (tertiary/aromatic N) is 2. The summed E-state index contributed by atoms with van der Waals surface area (Å²) < 4.78 is 55.8. The van der Waals surface area contributed by atoms with E-state index in [1.54, 1.807) is 66.2 Å². The Kier molecular flexibility index (Phi) is 11.9. The van der Waals surface area contributed by atoms with Crippen LogP contribution in [0.25, 0.3) is 5.70 Å². The van der Waals surface area contributed by atoms with Crippen LogP contribution in [-0.4, -0.2) is 66.1 Å². The Morgan fingerprint density at radius 3 is 2.17 bits per heavy atom. The van der Waals surface area contributed by atoms with E-state index in [0.717, 1.165) is 24.3 Å². The molecule has 3 rings (SSSR count). The molecule has 46 heavy (non-hydrogen) atoms. The van der Waals surface area contributed by atoms with Gasteiger partial charge >= 0.3 is 6.18 Å². The van der Waals surface area contributed by atoms with Gasteiger partial charge in [-0.25, -0.2) is 4.39 Å². The van der Waals surface area contributed by atoms with Crippen molar-refractivity contribution in [2.24, 2.45) is 0 Å². The van der Waals surface area contributed by atoms with Crippen LogP contribution in [-0.2, 0) is 17.5 Å². The van der Waals surface area contributed by atoms with Gasteiger partial charge in [0.25, 0.3) is 5.91 Å². The van der Waals surface area contributed by atoms with Crippen LogP contribution in [0, 0.1) is 12.7 Å². The molecule has 0 heterocycles. The van der Waals surface area contributed by atoms with Gasteiger partial charge in [-0.15, -0.1) is 0 Å². The molecule has 0 aliphatic heterocycles. The summed E-state index contributed by atoms with van der Waals surface area (Å²) >= 11 is 5.36. The van der Waals surface area contributed by atoms with Gasteiger partial charge in [-0.05, 0) is 87.5 Å².